The van der Waals surface area contributed by atoms with E-state index in [2.05, 4.69) is 5.32 Å². The maximum Gasteiger partial charge on any atom is 0.418 e. The molecule has 0 aliphatic carbocycles. The number of hydrogen-bond acceptors (Lipinski definition) is 3. The number of amides is 2. The van der Waals surface area contributed by atoms with E-state index in [4.69, 9.17) is 4.74 Å². The van der Waals surface area contributed by atoms with Crippen molar-refractivity contribution in [3.8, 4) is 5.75 Å². The number of carbonyl (C=O) groups excluding carboxylic acids is 2. The van der Waals surface area contributed by atoms with Gasteiger partial charge in [-0.3, -0.25) is 9.59 Å². The molecule has 0 bridgehead atoms. The van der Waals surface area contributed by atoms with E-state index < -0.39 is 17.6 Å². The normalized spacial score (nSPS) is 13.7. The minimum absolute atomic E-state index is 0.0159. The van der Waals surface area contributed by atoms with Crippen LogP contribution in [-0.4, -0.2) is 25.0 Å². The number of hydrogen-bond donors (Lipinski definition) is 1. The molecule has 3 rings (SSSR count). The van der Waals surface area contributed by atoms with E-state index in [9.17, 15) is 22.8 Å². The van der Waals surface area contributed by atoms with Crippen molar-refractivity contribution in [2.75, 3.05) is 23.4 Å². The molecule has 0 aromatic heterocycles. The molecule has 2 amide bonds. The molecule has 1 heterocycles. The van der Waals surface area contributed by atoms with Crippen LogP contribution in [-0.2, 0) is 15.8 Å². The summed E-state index contributed by atoms with van der Waals surface area (Å²) in [6, 6.07) is 10.3. The highest BCUT2D eigenvalue weighted by Gasteiger charge is 2.33. The summed E-state index contributed by atoms with van der Waals surface area (Å²) in [4.78, 5) is 25.8. The van der Waals surface area contributed by atoms with Gasteiger partial charge in [-0.2, -0.15) is 13.2 Å². The summed E-state index contributed by atoms with van der Waals surface area (Å²) >= 11 is 0. The summed E-state index contributed by atoms with van der Waals surface area (Å²) in [5.41, 5.74) is 0.433. The van der Waals surface area contributed by atoms with Crippen molar-refractivity contribution in [3.05, 3.63) is 53.6 Å². The number of nitrogens with one attached hydrogen (secondary N) is 1. The minimum atomic E-state index is -4.55. The molecule has 0 spiro atoms. The van der Waals surface area contributed by atoms with Gasteiger partial charge in [0, 0.05) is 13.0 Å². The third-order valence-corrected chi connectivity index (χ3v) is 4.35. The smallest absolute Gasteiger partial charge is 0.418 e. The van der Waals surface area contributed by atoms with Crippen molar-refractivity contribution in [1.29, 1.82) is 0 Å². The molecule has 28 heavy (non-hydrogen) atoms. The molecule has 2 aromatic rings. The highest BCUT2D eigenvalue weighted by Crippen LogP contribution is 2.35. The van der Waals surface area contributed by atoms with Crippen molar-refractivity contribution in [1.82, 2.24) is 0 Å². The fourth-order valence-electron chi connectivity index (χ4n) is 3.01. The summed E-state index contributed by atoms with van der Waals surface area (Å²) in [5.74, 6) is -0.170. The van der Waals surface area contributed by atoms with Crippen LogP contribution >= 0.6 is 0 Å². The van der Waals surface area contributed by atoms with E-state index >= 15 is 0 Å². The second kappa shape index (κ2) is 7.92. The Kier molecular flexibility index (Phi) is 5.58. The molecule has 0 unspecified atom stereocenters. The average molecular weight is 392 g/mol. The lowest BCUT2D eigenvalue weighted by Crippen LogP contribution is -2.39. The first-order valence-corrected chi connectivity index (χ1v) is 8.75. The number of benzene rings is 2. The Bertz CT molecular complexity index is 897. The number of ether oxygens (including phenoxy) is 1. The molecule has 1 aliphatic rings. The molecule has 1 N–H and O–H groups in total. The van der Waals surface area contributed by atoms with Gasteiger partial charge in [0.1, 0.15) is 5.75 Å². The van der Waals surface area contributed by atoms with Crippen LogP contribution < -0.4 is 15.0 Å². The molecule has 0 saturated carbocycles. The van der Waals surface area contributed by atoms with E-state index in [0.717, 1.165) is 11.6 Å². The molecule has 8 heteroatoms. The van der Waals surface area contributed by atoms with E-state index in [1.807, 2.05) is 19.1 Å². The van der Waals surface area contributed by atoms with Crippen molar-refractivity contribution in [2.45, 2.75) is 25.9 Å². The van der Waals surface area contributed by atoms with Gasteiger partial charge in [-0.1, -0.05) is 18.2 Å². The van der Waals surface area contributed by atoms with Gasteiger partial charge >= 0.3 is 6.18 Å². The van der Waals surface area contributed by atoms with Crippen LogP contribution in [0, 0.1) is 6.92 Å². The summed E-state index contributed by atoms with van der Waals surface area (Å²) in [5, 5.41) is 2.31. The van der Waals surface area contributed by atoms with Crippen molar-refractivity contribution < 1.29 is 27.5 Å². The van der Waals surface area contributed by atoms with Crippen LogP contribution in [0.1, 0.15) is 24.0 Å². The molecule has 0 radical (unpaired) electrons. The molecular weight excluding hydrogens is 373 g/mol. The zero-order valence-corrected chi connectivity index (χ0v) is 15.2. The van der Waals surface area contributed by atoms with Gasteiger partial charge in [-0.25, -0.2) is 0 Å². The maximum atomic E-state index is 13.0. The third-order valence-electron chi connectivity index (χ3n) is 4.35. The van der Waals surface area contributed by atoms with Gasteiger partial charge in [0.15, 0.2) is 6.61 Å². The van der Waals surface area contributed by atoms with Crippen LogP contribution in [0.4, 0.5) is 24.5 Å². The Labute approximate surface area is 160 Å². The topological polar surface area (TPSA) is 58.6 Å². The predicted octanol–water partition coefficient (Wildman–Crippen LogP) is 4.16. The maximum absolute atomic E-state index is 13.0. The summed E-state index contributed by atoms with van der Waals surface area (Å²) in [7, 11) is 0. The van der Waals surface area contributed by atoms with E-state index in [1.165, 1.54) is 18.2 Å². The number of nitrogens with zero attached hydrogens (tertiary/aromatic N) is 1. The average Bonchev–Trinajstić information content (AvgIpc) is 2.63. The Morgan fingerprint density at radius 1 is 1.21 bits per heavy atom. The first kappa shape index (κ1) is 19.7. The molecule has 0 atom stereocenters. The first-order valence-electron chi connectivity index (χ1n) is 8.75. The zero-order chi connectivity index (χ0) is 20.3. The van der Waals surface area contributed by atoms with Crippen LogP contribution in [0.5, 0.6) is 5.75 Å². The first-order chi connectivity index (χ1) is 13.3. The summed E-state index contributed by atoms with van der Waals surface area (Å²) < 4.78 is 44.4. The van der Waals surface area contributed by atoms with Gasteiger partial charge in [-0.05, 0) is 43.2 Å². The second-order valence-corrected chi connectivity index (χ2v) is 6.50. The Morgan fingerprint density at radius 3 is 2.71 bits per heavy atom. The number of fused-ring (bicyclic) bond motifs is 1. The van der Waals surface area contributed by atoms with Gasteiger partial charge in [0.05, 0.1) is 16.9 Å². The number of rotatable bonds is 5. The van der Waals surface area contributed by atoms with Gasteiger partial charge < -0.3 is 15.0 Å². The molecule has 5 nitrogen and oxygen atoms in total. The second-order valence-electron chi connectivity index (χ2n) is 6.50. The zero-order valence-electron chi connectivity index (χ0n) is 15.2. The summed E-state index contributed by atoms with van der Waals surface area (Å²) in [6.07, 6.45) is -4.26. The molecule has 0 saturated heterocycles. The van der Waals surface area contributed by atoms with E-state index in [0.29, 0.717) is 17.9 Å². The largest absolute Gasteiger partial charge is 0.482 e. The molecule has 2 aromatic carbocycles. The Morgan fingerprint density at radius 2 is 1.96 bits per heavy atom. The van der Waals surface area contributed by atoms with Crippen molar-refractivity contribution in [3.63, 3.8) is 0 Å². The number of alkyl halides is 3. The highest BCUT2D eigenvalue weighted by atomic mass is 19.4. The van der Waals surface area contributed by atoms with Crippen LogP contribution in [0.15, 0.2) is 42.5 Å². The van der Waals surface area contributed by atoms with Crippen molar-refractivity contribution >= 4 is 23.2 Å². The lowest BCUT2D eigenvalue weighted by molar-refractivity contribution is -0.137. The number of carbonyl (C=O) groups is 2. The number of halogens is 3. The van der Waals surface area contributed by atoms with Crippen LogP contribution in [0.2, 0.25) is 0 Å². The molecule has 1 aliphatic heterocycles. The molecule has 148 valence electrons. The Balaban J connectivity index is 1.61. The summed E-state index contributed by atoms with van der Waals surface area (Å²) in [6.45, 7) is 2.08. The lowest BCUT2D eigenvalue weighted by atomic mass is 10.1. The highest BCUT2D eigenvalue weighted by molar-refractivity contribution is 5.98. The Hall–Kier alpha value is -3.03. The van der Waals surface area contributed by atoms with E-state index in [-0.39, 0.29) is 31.2 Å². The predicted molar refractivity (Wildman–Crippen MR) is 98.3 cm³/mol. The third kappa shape index (κ3) is 4.44. The lowest BCUT2D eigenvalue weighted by Gasteiger charge is -2.29. The fraction of sp³-hybridized carbons (Fsp3) is 0.300. The quantitative estimate of drug-likeness (QED) is 0.831. The molecular formula is C20H19F3N2O3. The van der Waals surface area contributed by atoms with Crippen LogP contribution in [0.3, 0.4) is 0 Å². The van der Waals surface area contributed by atoms with Crippen LogP contribution in [0.25, 0.3) is 0 Å². The van der Waals surface area contributed by atoms with Gasteiger partial charge in [-0.15, -0.1) is 0 Å². The molecule has 0 fully saturated rings. The standard InChI is InChI=1S/C20H19F3N2O3/c1-13-8-9-17-16(11-13)25(19(27)12-28-17)10-4-7-18(26)24-15-6-3-2-5-14(15)20(21,22)23/h2-3,5-6,8-9,11H,4,7,10,12H2,1H3,(H,24,26). The number of anilines is 2. The van der Waals surface area contributed by atoms with Crippen molar-refractivity contribution in [2.24, 2.45) is 0 Å². The monoisotopic (exact) mass is 392 g/mol. The fourth-order valence-corrected chi connectivity index (χ4v) is 3.01. The number of para-hydroxylation sites is 1. The van der Waals surface area contributed by atoms with Gasteiger partial charge in [0.2, 0.25) is 5.91 Å². The minimum Gasteiger partial charge on any atom is -0.482 e. The SMILES string of the molecule is Cc1ccc2c(c1)N(CCCC(=O)Nc1ccccc1C(F)(F)F)C(=O)CO2. The van der Waals surface area contributed by atoms with E-state index in [1.54, 1.807) is 11.0 Å². The number of aryl methyl sites for hydroxylation is 1. The van der Waals surface area contributed by atoms with Gasteiger partial charge in [0.25, 0.3) is 5.91 Å².